The molecule has 0 aromatic heterocycles. The Labute approximate surface area is 104 Å². The lowest BCUT2D eigenvalue weighted by Crippen LogP contribution is -2.02. The van der Waals surface area contributed by atoms with Crippen LogP contribution in [0.15, 0.2) is 24.3 Å². The first kappa shape index (κ1) is 13.5. The molecule has 0 heterocycles. The molecule has 1 aromatic carbocycles. The fourth-order valence-corrected chi connectivity index (χ4v) is 1.60. The highest BCUT2D eigenvalue weighted by Gasteiger charge is 2.11. The number of alkyl halides is 1. The van der Waals surface area contributed by atoms with Gasteiger partial charge in [-0.1, -0.05) is 12.1 Å². The highest BCUT2D eigenvalue weighted by molar-refractivity contribution is 6.20. The fraction of sp³-hybridized carbons (Fsp3) is 0.333. The maximum absolute atomic E-state index is 10.8. The van der Waals surface area contributed by atoms with Crippen molar-refractivity contribution in [2.24, 2.45) is 0 Å². The molecule has 1 rings (SSSR count). The van der Waals surface area contributed by atoms with E-state index in [1.165, 1.54) is 6.92 Å². The number of aliphatic carboxylic acids is 1. The maximum Gasteiger partial charge on any atom is 0.308 e. The summed E-state index contributed by atoms with van der Waals surface area (Å²) in [7, 11) is 0. The van der Waals surface area contributed by atoms with Crippen LogP contribution in [-0.2, 0) is 9.59 Å². The quantitative estimate of drug-likeness (QED) is 0.500. The molecule has 0 saturated carbocycles. The molecule has 0 aliphatic heterocycles. The van der Waals surface area contributed by atoms with E-state index in [1.807, 2.05) is 0 Å². The molecular weight excluding hydrogens is 244 g/mol. The molecular formula is C12H13ClO4. The van der Waals surface area contributed by atoms with Crippen LogP contribution in [0.25, 0.3) is 0 Å². The van der Waals surface area contributed by atoms with E-state index in [0.29, 0.717) is 12.2 Å². The van der Waals surface area contributed by atoms with Crippen molar-refractivity contribution in [2.45, 2.75) is 25.1 Å². The molecule has 0 saturated heterocycles. The van der Waals surface area contributed by atoms with Crippen molar-refractivity contribution in [2.75, 3.05) is 0 Å². The summed E-state index contributed by atoms with van der Waals surface area (Å²) in [5.74, 6) is -0.874. The van der Waals surface area contributed by atoms with E-state index in [0.717, 1.165) is 5.56 Å². The fourth-order valence-electron chi connectivity index (χ4n) is 1.36. The highest BCUT2D eigenvalue weighted by atomic mass is 35.5. The second-order valence-electron chi connectivity index (χ2n) is 3.57. The largest absolute Gasteiger partial charge is 0.481 e. The van der Waals surface area contributed by atoms with Crippen molar-refractivity contribution in [3.8, 4) is 5.75 Å². The number of hydrogen-bond acceptors (Lipinski definition) is 3. The van der Waals surface area contributed by atoms with Crippen LogP contribution in [0.4, 0.5) is 0 Å². The third-order valence-corrected chi connectivity index (χ3v) is 2.56. The summed E-state index contributed by atoms with van der Waals surface area (Å²) in [5, 5.41) is 8.15. The zero-order chi connectivity index (χ0) is 12.8. The van der Waals surface area contributed by atoms with Gasteiger partial charge in [0.05, 0.1) is 5.38 Å². The summed E-state index contributed by atoms with van der Waals surface area (Å²) in [6.07, 6.45) is 0.340. The van der Waals surface area contributed by atoms with Gasteiger partial charge in [-0.3, -0.25) is 9.59 Å². The van der Waals surface area contributed by atoms with Crippen LogP contribution in [0, 0.1) is 0 Å². The summed E-state index contributed by atoms with van der Waals surface area (Å²) in [6, 6.07) is 6.77. The van der Waals surface area contributed by atoms with Gasteiger partial charge in [0.25, 0.3) is 0 Å². The van der Waals surface area contributed by atoms with Gasteiger partial charge >= 0.3 is 11.9 Å². The first-order valence-electron chi connectivity index (χ1n) is 5.13. The lowest BCUT2D eigenvalue weighted by molar-refractivity contribution is -0.137. The van der Waals surface area contributed by atoms with Gasteiger partial charge in [0.1, 0.15) is 5.75 Å². The predicted molar refractivity (Wildman–Crippen MR) is 63.2 cm³/mol. The molecule has 0 amide bonds. The van der Waals surface area contributed by atoms with E-state index in [4.69, 9.17) is 21.4 Å². The zero-order valence-corrected chi connectivity index (χ0v) is 10.1. The minimum absolute atomic E-state index is 0.00591. The number of hydrogen-bond donors (Lipinski definition) is 1. The number of rotatable bonds is 5. The van der Waals surface area contributed by atoms with Crippen LogP contribution in [0.5, 0.6) is 5.75 Å². The predicted octanol–water partition coefficient (Wildman–Crippen LogP) is 2.76. The molecule has 1 unspecified atom stereocenters. The lowest BCUT2D eigenvalue weighted by Gasteiger charge is -2.09. The van der Waals surface area contributed by atoms with Gasteiger partial charge in [0, 0.05) is 13.3 Å². The lowest BCUT2D eigenvalue weighted by atomic mass is 10.1. The monoisotopic (exact) mass is 256 g/mol. The summed E-state index contributed by atoms with van der Waals surface area (Å²) in [5.41, 5.74) is 0.742. The molecule has 92 valence electrons. The Balaban J connectivity index is 2.69. The van der Waals surface area contributed by atoms with Crippen LogP contribution in [0.3, 0.4) is 0 Å². The van der Waals surface area contributed by atoms with Gasteiger partial charge in [-0.15, -0.1) is 11.6 Å². The Hall–Kier alpha value is -1.55. The van der Waals surface area contributed by atoms with E-state index >= 15 is 0 Å². The van der Waals surface area contributed by atoms with Crippen LogP contribution >= 0.6 is 11.6 Å². The second kappa shape index (κ2) is 6.25. The van der Waals surface area contributed by atoms with Crippen molar-refractivity contribution < 1.29 is 19.4 Å². The first-order chi connectivity index (χ1) is 7.99. The van der Waals surface area contributed by atoms with E-state index in [1.54, 1.807) is 24.3 Å². The topological polar surface area (TPSA) is 63.6 Å². The molecule has 5 heteroatoms. The van der Waals surface area contributed by atoms with Gasteiger partial charge in [0.2, 0.25) is 0 Å². The number of esters is 1. The molecule has 0 bridgehead atoms. The Bertz CT molecular complexity index is 417. The van der Waals surface area contributed by atoms with Gasteiger partial charge < -0.3 is 9.84 Å². The molecule has 0 aliphatic rings. The minimum atomic E-state index is -0.883. The van der Waals surface area contributed by atoms with E-state index in [2.05, 4.69) is 0 Å². The smallest absolute Gasteiger partial charge is 0.308 e. The third-order valence-electron chi connectivity index (χ3n) is 2.09. The molecule has 0 radical (unpaired) electrons. The molecule has 4 nitrogen and oxygen atoms in total. The minimum Gasteiger partial charge on any atom is -0.481 e. The van der Waals surface area contributed by atoms with Crippen molar-refractivity contribution in [3.05, 3.63) is 29.8 Å². The number of carboxylic acids is 1. The number of benzene rings is 1. The molecule has 17 heavy (non-hydrogen) atoms. The van der Waals surface area contributed by atoms with Gasteiger partial charge in [0.15, 0.2) is 0 Å². The molecule has 0 aliphatic carbocycles. The average Bonchev–Trinajstić information content (AvgIpc) is 2.25. The SMILES string of the molecule is CC(=O)Oc1cccc(C(Cl)CCC(=O)O)c1. The number of ether oxygens (including phenoxy) is 1. The normalized spacial score (nSPS) is 11.9. The Morgan fingerprint density at radius 2 is 2.18 bits per heavy atom. The Morgan fingerprint density at radius 1 is 1.47 bits per heavy atom. The van der Waals surface area contributed by atoms with Gasteiger partial charge in [-0.05, 0) is 24.1 Å². The van der Waals surface area contributed by atoms with Crippen LogP contribution in [0.2, 0.25) is 0 Å². The first-order valence-corrected chi connectivity index (χ1v) is 5.57. The highest BCUT2D eigenvalue weighted by Crippen LogP contribution is 2.28. The van der Waals surface area contributed by atoms with E-state index in [-0.39, 0.29) is 6.42 Å². The van der Waals surface area contributed by atoms with Gasteiger partial charge in [-0.2, -0.15) is 0 Å². The second-order valence-corrected chi connectivity index (χ2v) is 4.09. The van der Waals surface area contributed by atoms with Crippen LogP contribution < -0.4 is 4.74 Å². The zero-order valence-electron chi connectivity index (χ0n) is 9.35. The van der Waals surface area contributed by atoms with Crippen LogP contribution in [0.1, 0.15) is 30.7 Å². The third kappa shape index (κ3) is 4.87. The van der Waals surface area contributed by atoms with Crippen molar-refractivity contribution in [1.29, 1.82) is 0 Å². The summed E-state index contributed by atoms with van der Waals surface area (Å²) >= 11 is 6.06. The molecule has 0 spiro atoms. The van der Waals surface area contributed by atoms with Crippen molar-refractivity contribution in [1.82, 2.24) is 0 Å². The number of carbonyl (C=O) groups excluding carboxylic acids is 1. The summed E-state index contributed by atoms with van der Waals surface area (Å²) < 4.78 is 4.92. The van der Waals surface area contributed by atoms with E-state index in [9.17, 15) is 9.59 Å². The van der Waals surface area contributed by atoms with E-state index < -0.39 is 17.3 Å². The van der Waals surface area contributed by atoms with Crippen molar-refractivity contribution in [3.63, 3.8) is 0 Å². The van der Waals surface area contributed by atoms with Crippen molar-refractivity contribution >= 4 is 23.5 Å². The Kier molecular flexibility index (Phi) is 4.97. The van der Waals surface area contributed by atoms with Crippen LogP contribution in [-0.4, -0.2) is 17.0 Å². The number of carbonyl (C=O) groups is 2. The molecule has 1 atom stereocenters. The average molecular weight is 257 g/mol. The summed E-state index contributed by atoms with van der Waals surface area (Å²) in [6.45, 7) is 1.31. The number of halogens is 1. The van der Waals surface area contributed by atoms with Gasteiger partial charge in [-0.25, -0.2) is 0 Å². The molecule has 1 aromatic rings. The standard InChI is InChI=1S/C12H13ClO4/c1-8(14)17-10-4-2-3-9(7-10)11(13)5-6-12(15)16/h2-4,7,11H,5-6H2,1H3,(H,15,16). The number of carboxylic acid groups (broad SMARTS) is 1. The Morgan fingerprint density at radius 3 is 2.76 bits per heavy atom. The molecule has 0 fully saturated rings. The molecule has 1 N–H and O–H groups in total. The summed E-state index contributed by atoms with van der Waals surface area (Å²) in [4.78, 5) is 21.2. The maximum atomic E-state index is 10.8.